The second-order valence-electron chi connectivity index (χ2n) is 9.85. The Kier molecular flexibility index (Phi) is 8.69. The van der Waals surface area contributed by atoms with Crippen molar-refractivity contribution in [3.8, 4) is 5.75 Å². The van der Waals surface area contributed by atoms with Gasteiger partial charge in [-0.2, -0.15) is 0 Å². The molecule has 0 N–H and O–H groups in total. The molecule has 0 spiro atoms. The maximum atomic E-state index is 6.03. The first-order valence-electron chi connectivity index (χ1n) is 12.5. The number of hydrogen-bond acceptors (Lipinski definition) is 1. The highest BCUT2D eigenvalue weighted by molar-refractivity contribution is 5.42. The standard InChI is InChI=1S/C28H44O/c1-5-8-22-9-11-23(12-10-22)24-13-15-25(16-14-24)26-17-18-28(29-19-6-2)27(20-26)21(4)7-3/h7,17-18,20-25H,3,5-6,8-16,19H2,1-2,4H3. The predicted molar refractivity (Wildman–Crippen MR) is 126 cm³/mol. The molecule has 162 valence electrons. The van der Waals surface area contributed by atoms with Crippen LogP contribution < -0.4 is 4.74 Å². The molecule has 1 heteroatoms. The fraction of sp³-hybridized carbons (Fsp3) is 0.714. The third kappa shape index (κ3) is 5.89. The quantitative estimate of drug-likeness (QED) is 0.379. The largest absolute Gasteiger partial charge is 0.493 e. The van der Waals surface area contributed by atoms with E-state index in [9.17, 15) is 0 Å². The molecule has 2 saturated carbocycles. The Bertz CT molecular complexity index is 617. The van der Waals surface area contributed by atoms with E-state index < -0.39 is 0 Å². The lowest BCUT2D eigenvalue weighted by Gasteiger charge is -2.38. The zero-order valence-electron chi connectivity index (χ0n) is 19.3. The highest BCUT2D eigenvalue weighted by atomic mass is 16.5. The van der Waals surface area contributed by atoms with Crippen LogP contribution >= 0.6 is 0 Å². The van der Waals surface area contributed by atoms with Crippen molar-refractivity contribution in [2.45, 2.75) is 103 Å². The van der Waals surface area contributed by atoms with Crippen LogP contribution in [0.4, 0.5) is 0 Å². The summed E-state index contributed by atoms with van der Waals surface area (Å²) in [7, 11) is 0. The fourth-order valence-corrected chi connectivity index (χ4v) is 5.93. The van der Waals surface area contributed by atoms with Gasteiger partial charge in [-0.15, -0.1) is 6.58 Å². The van der Waals surface area contributed by atoms with Crippen molar-refractivity contribution in [2.75, 3.05) is 6.61 Å². The molecule has 0 saturated heterocycles. The molecule has 0 radical (unpaired) electrons. The van der Waals surface area contributed by atoms with Crippen LogP contribution in [0.3, 0.4) is 0 Å². The topological polar surface area (TPSA) is 9.23 Å². The maximum Gasteiger partial charge on any atom is 0.123 e. The number of hydrogen-bond donors (Lipinski definition) is 0. The molecule has 0 aromatic heterocycles. The van der Waals surface area contributed by atoms with Gasteiger partial charge in [0, 0.05) is 11.5 Å². The van der Waals surface area contributed by atoms with Crippen molar-refractivity contribution in [1.29, 1.82) is 0 Å². The fourth-order valence-electron chi connectivity index (χ4n) is 5.93. The summed E-state index contributed by atoms with van der Waals surface area (Å²) in [6.07, 6.45) is 17.6. The van der Waals surface area contributed by atoms with Crippen LogP contribution in [0.25, 0.3) is 0 Å². The molecule has 1 unspecified atom stereocenters. The van der Waals surface area contributed by atoms with Crippen LogP contribution in [0.15, 0.2) is 30.9 Å². The van der Waals surface area contributed by atoms with Crippen LogP contribution in [-0.2, 0) is 0 Å². The van der Waals surface area contributed by atoms with Crippen LogP contribution in [0.2, 0.25) is 0 Å². The number of ether oxygens (including phenoxy) is 1. The molecule has 1 aromatic rings. The minimum Gasteiger partial charge on any atom is -0.493 e. The third-order valence-corrected chi connectivity index (χ3v) is 7.84. The molecule has 2 fully saturated rings. The minimum atomic E-state index is 0.344. The summed E-state index contributed by atoms with van der Waals surface area (Å²) >= 11 is 0. The Balaban J connectivity index is 1.58. The van der Waals surface area contributed by atoms with E-state index in [1.807, 2.05) is 6.08 Å². The molecule has 0 amide bonds. The van der Waals surface area contributed by atoms with Gasteiger partial charge in [0.1, 0.15) is 5.75 Å². The Morgan fingerprint density at radius 1 is 0.966 bits per heavy atom. The molecule has 3 rings (SSSR count). The second-order valence-corrected chi connectivity index (χ2v) is 9.85. The minimum absolute atomic E-state index is 0.344. The zero-order chi connectivity index (χ0) is 20.6. The number of rotatable bonds is 9. The average Bonchev–Trinajstić information content (AvgIpc) is 2.78. The van der Waals surface area contributed by atoms with Crippen molar-refractivity contribution < 1.29 is 4.74 Å². The van der Waals surface area contributed by atoms with Crippen LogP contribution in [0, 0.1) is 17.8 Å². The highest BCUT2D eigenvalue weighted by Gasteiger charge is 2.31. The monoisotopic (exact) mass is 396 g/mol. The van der Waals surface area contributed by atoms with Crippen molar-refractivity contribution in [3.05, 3.63) is 42.0 Å². The summed E-state index contributed by atoms with van der Waals surface area (Å²) in [6, 6.07) is 6.99. The molecular formula is C28H44O. The van der Waals surface area contributed by atoms with E-state index in [2.05, 4.69) is 45.5 Å². The number of benzene rings is 1. The van der Waals surface area contributed by atoms with Crippen molar-refractivity contribution >= 4 is 0 Å². The van der Waals surface area contributed by atoms with Gasteiger partial charge in [0.15, 0.2) is 0 Å². The summed E-state index contributed by atoms with van der Waals surface area (Å²) in [5.41, 5.74) is 2.85. The first-order valence-corrected chi connectivity index (χ1v) is 12.5. The molecular weight excluding hydrogens is 352 g/mol. The van der Waals surface area contributed by atoms with Crippen molar-refractivity contribution in [2.24, 2.45) is 17.8 Å². The van der Waals surface area contributed by atoms with Crippen LogP contribution in [-0.4, -0.2) is 6.61 Å². The Labute approximate surface area is 180 Å². The van der Waals surface area contributed by atoms with Crippen molar-refractivity contribution in [1.82, 2.24) is 0 Å². The zero-order valence-corrected chi connectivity index (χ0v) is 19.3. The first-order chi connectivity index (χ1) is 14.2. The first kappa shape index (κ1) is 22.4. The van der Waals surface area contributed by atoms with E-state index in [-0.39, 0.29) is 0 Å². The highest BCUT2D eigenvalue weighted by Crippen LogP contribution is 2.45. The molecule has 1 aromatic carbocycles. The molecule has 1 nitrogen and oxygen atoms in total. The summed E-state index contributed by atoms with van der Waals surface area (Å²) in [5, 5.41) is 0. The normalized spacial score (nSPS) is 28.7. The molecule has 2 aliphatic carbocycles. The lowest BCUT2D eigenvalue weighted by molar-refractivity contribution is 0.156. The molecule has 0 heterocycles. The van der Waals surface area contributed by atoms with Gasteiger partial charge in [0.25, 0.3) is 0 Å². The Morgan fingerprint density at radius 3 is 2.21 bits per heavy atom. The van der Waals surface area contributed by atoms with Gasteiger partial charge in [-0.25, -0.2) is 0 Å². The van der Waals surface area contributed by atoms with Gasteiger partial charge >= 0.3 is 0 Å². The molecule has 29 heavy (non-hydrogen) atoms. The maximum absolute atomic E-state index is 6.03. The smallest absolute Gasteiger partial charge is 0.123 e. The van der Waals surface area contributed by atoms with Crippen LogP contribution in [0.5, 0.6) is 5.75 Å². The molecule has 0 bridgehead atoms. The SMILES string of the molecule is C=CC(C)c1cc(C2CCC(C3CCC(CCC)CC3)CC2)ccc1OCCC. The third-order valence-electron chi connectivity index (χ3n) is 7.84. The van der Waals surface area contributed by atoms with E-state index in [0.29, 0.717) is 5.92 Å². The van der Waals surface area contributed by atoms with Crippen molar-refractivity contribution in [3.63, 3.8) is 0 Å². The Morgan fingerprint density at radius 2 is 1.62 bits per heavy atom. The lowest BCUT2D eigenvalue weighted by atomic mass is 9.68. The van der Waals surface area contributed by atoms with E-state index in [0.717, 1.165) is 42.4 Å². The van der Waals surface area contributed by atoms with E-state index in [1.165, 1.54) is 75.3 Å². The van der Waals surface area contributed by atoms with Gasteiger partial charge in [-0.3, -0.25) is 0 Å². The van der Waals surface area contributed by atoms with Gasteiger partial charge in [0.05, 0.1) is 6.61 Å². The van der Waals surface area contributed by atoms with E-state index >= 15 is 0 Å². The molecule has 0 aliphatic heterocycles. The van der Waals surface area contributed by atoms with E-state index in [4.69, 9.17) is 4.74 Å². The summed E-state index contributed by atoms with van der Waals surface area (Å²) in [4.78, 5) is 0. The summed E-state index contributed by atoms with van der Waals surface area (Å²) < 4.78 is 6.03. The number of allylic oxidation sites excluding steroid dienone is 1. The lowest BCUT2D eigenvalue weighted by Crippen LogP contribution is -2.25. The van der Waals surface area contributed by atoms with Gasteiger partial charge in [0.2, 0.25) is 0 Å². The average molecular weight is 397 g/mol. The summed E-state index contributed by atoms with van der Waals surface area (Å²) in [6.45, 7) is 11.6. The Hall–Kier alpha value is -1.24. The van der Waals surface area contributed by atoms with Crippen LogP contribution in [0.1, 0.15) is 114 Å². The van der Waals surface area contributed by atoms with Gasteiger partial charge in [-0.1, -0.05) is 64.7 Å². The van der Waals surface area contributed by atoms with Gasteiger partial charge < -0.3 is 4.74 Å². The molecule has 2 aliphatic rings. The second kappa shape index (κ2) is 11.2. The van der Waals surface area contributed by atoms with Gasteiger partial charge in [-0.05, 0) is 80.2 Å². The molecule has 1 atom stereocenters. The summed E-state index contributed by atoms with van der Waals surface area (Å²) in [5.74, 6) is 5.18. The van der Waals surface area contributed by atoms with E-state index in [1.54, 1.807) is 0 Å². The predicted octanol–water partition coefficient (Wildman–Crippen LogP) is 8.65.